The second-order valence-corrected chi connectivity index (χ2v) is 8.14. The maximum Gasteiger partial charge on any atom is 0.223 e. The maximum atomic E-state index is 6.09. The van der Waals surface area contributed by atoms with E-state index in [-0.39, 0.29) is 24.3 Å². The van der Waals surface area contributed by atoms with Gasteiger partial charge < -0.3 is 29.4 Å². The van der Waals surface area contributed by atoms with E-state index in [4.69, 9.17) is 13.9 Å². The lowest BCUT2D eigenvalue weighted by Gasteiger charge is -2.19. The predicted molar refractivity (Wildman–Crippen MR) is 118 cm³/mol. The van der Waals surface area contributed by atoms with Crippen molar-refractivity contribution in [2.45, 2.75) is 30.8 Å². The molecule has 2 aliphatic rings. The smallest absolute Gasteiger partial charge is 0.223 e. The first-order valence-electron chi connectivity index (χ1n) is 10.5. The van der Waals surface area contributed by atoms with Gasteiger partial charge in [0.2, 0.25) is 5.95 Å². The first kappa shape index (κ1) is 20.0. The summed E-state index contributed by atoms with van der Waals surface area (Å²) in [6, 6.07) is 14.3. The van der Waals surface area contributed by atoms with Crippen LogP contribution in [0.2, 0.25) is 0 Å². The highest BCUT2D eigenvalue weighted by molar-refractivity contribution is 5.53. The van der Waals surface area contributed by atoms with Gasteiger partial charge in [-0.05, 0) is 35.9 Å². The Morgan fingerprint density at radius 2 is 1.77 bits per heavy atom. The molecule has 1 aromatic carbocycles. The number of fused-ring (bicyclic) bond motifs is 1. The lowest BCUT2D eigenvalue weighted by molar-refractivity contribution is 0.0675. The molecule has 31 heavy (non-hydrogen) atoms. The van der Waals surface area contributed by atoms with Gasteiger partial charge in [0.05, 0.1) is 31.6 Å². The van der Waals surface area contributed by atoms with E-state index < -0.39 is 0 Å². The van der Waals surface area contributed by atoms with Crippen molar-refractivity contribution < 1.29 is 13.9 Å². The molecule has 4 atom stereocenters. The van der Waals surface area contributed by atoms with Crippen molar-refractivity contribution in [3.63, 3.8) is 0 Å². The molecule has 0 saturated carbocycles. The van der Waals surface area contributed by atoms with Crippen LogP contribution in [0.4, 0.5) is 11.6 Å². The first-order valence-corrected chi connectivity index (χ1v) is 10.5. The molecule has 2 saturated heterocycles. The molecule has 2 aliphatic heterocycles. The van der Waals surface area contributed by atoms with Crippen molar-refractivity contribution >= 4 is 11.6 Å². The van der Waals surface area contributed by atoms with Crippen LogP contribution in [0.3, 0.4) is 0 Å². The van der Waals surface area contributed by atoms with Crippen LogP contribution in [0.5, 0.6) is 0 Å². The molecule has 8 nitrogen and oxygen atoms in total. The highest BCUT2D eigenvalue weighted by atomic mass is 16.6. The van der Waals surface area contributed by atoms with Crippen molar-refractivity contribution in [2.24, 2.45) is 0 Å². The Bertz CT molecular complexity index is 993. The largest absolute Gasteiger partial charge is 0.463 e. The summed E-state index contributed by atoms with van der Waals surface area (Å²) >= 11 is 0. The quantitative estimate of drug-likeness (QED) is 0.602. The fourth-order valence-electron chi connectivity index (χ4n) is 4.11. The maximum absolute atomic E-state index is 6.09. The fraction of sp³-hybridized carbons (Fsp3) is 0.391. The van der Waals surface area contributed by atoms with Gasteiger partial charge in [-0.25, -0.2) is 9.97 Å². The molecule has 5 rings (SSSR count). The molecule has 2 aromatic heterocycles. The number of anilines is 2. The standard InChI is InChI=1S/C23H27N5O3/c1-28(2)16-7-5-15(6-8-16)12-25-18-13-30-22-19(14-31-21(18)22)27-23-24-10-9-17(26-23)20-4-3-11-29-20/h3-11,18-19,21-22,25H,12-14H2,1-2H3,(H,24,26,27). The van der Waals surface area contributed by atoms with Gasteiger partial charge in [-0.2, -0.15) is 0 Å². The summed E-state index contributed by atoms with van der Waals surface area (Å²) in [7, 11) is 4.09. The zero-order valence-corrected chi connectivity index (χ0v) is 17.7. The van der Waals surface area contributed by atoms with Crippen molar-refractivity contribution in [1.29, 1.82) is 0 Å². The van der Waals surface area contributed by atoms with E-state index in [1.54, 1.807) is 12.5 Å². The van der Waals surface area contributed by atoms with Gasteiger partial charge in [-0.1, -0.05) is 12.1 Å². The molecule has 4 unspecified atom stereocenters. The van der Waals surface area contributed by atoms with Gasteiger partial charge in [0.25, 0.3) is 0 Å². The van der Waals surface area contributed by atoms with Crippen LogP contribution in [0.25, 0.3) is 11.5 Å². The average molecular weight is 422 g/mol. The van der Waals surface area contributed by atoms with E-state index in [9.17, 15) is 0 Å². The Morgan fingerprint density at radius 3 is 2.52 bits per heavy atom. The summed E-state index contributed by atoms with van der Waals surface area (Å²) in [6.07, 6.45) is 3.33. The third kappa shape index (κ3) is 4.27. The molecule has 0 aliphatic carbocycles. The number of furan rings is 1. The molecule has 0 radical (unpaired) electrons. The Labute approximate surface area is 181 Å². The number of hydrogen-bond acceptors (Lipinski definition) is 8. The van der Waals surface area contributed by atoms with Crippen LogP contribution < -0.4 is 15.5 Å². The average Bonchev–Trinajstić information content (AvgIpc) is 3.53. The number of hydrogen-bond donors (Lipinski definition) is 2. The van der Waals surface area contributed by atoms with Crippen molar-refractivity contribution in [1.82, 2.24) is 15.3 Å². The Morgan fingerprint density at radius 1 is 1.00 bits per heavy atom. The predicted octanol–water partition coefficient (Wildman–Crippen LogP) is 2.54. The number of benzene rings is 1. The first-order chi connectivity index (χ1) is 15.2. The van der Waals surface area contributed by atoms with Gasteiger partial charge in [0.15, 0.2) is 5.76 Å². The number of nitrogens with zero attached hydrogens (tertiary/aromatic N) is 3. The summed E-state index contributed by atoms with van der Waals surface area (Å²) < 4.78 is 17.6. The second-order valence-electron chi connectivity index (χ2n) is 8.14. The molecule has 2 N–H and O–H groups in total. The summed E-state index contributed by atoms with van der Waals surface area (Å²) in [6.45, 7) is 1.96. The number of aromatic nitrogens is 2. The van der Waals surface area contributed by atoms with Crippen LogP contribution in [-0.2, 0) is 16.0 Å². The fourth-order valence-corrected chi connectivity index (χ4v) is 4.11. The monoisotopic (exact) mass is 421 g/mol. The van der Waals surface area contributed by atoms with E-state index in [1.807, 2.05) is 32.3 Å². The molecule has 0 amide bonds. The van der Waals surface area contributed by atoms with Gasteiger partial charge in [-0.3, -0.25) is 0 Å². The van der Waals surface area contributed by atoms with Gasteiger partial charge >= 0.3 is 0 Å². The second kappa shape index (κ2) is 8.66. The lowest BCUT2D eigenvalue weighted by Crippen LogP contribution is -2.41. The minimum absolute atomic E-state index is 0.00280. The van der Waals surface area contributed by atoms with Crippen LogP contribution in [0, 0.1) is 0 Å². The molecule has 162 valence electrons. The number of ether oxygens (including phenoxy) is 2. The van der Waals surface area contributed by atoms with Gasteiger partial charge in [0.1, 0.15) is 17.9 Å². The van der Waals surface area contributed by atoms with Crippen LogP contribution >= 0.6 is 0 Å². The summed E-state index contributed by atoms with van der Waals surface area (Å²) in [4.78, 5) is 11.0. The molecular weight excluding hydrogens is 394 g/mol. The van der Waals surface area contributed by atoms with Crippen LogP contribution in [0.15, 0.2) is 59.3 Å². The SMILES string of the molecule is CN(C)c1ccc(CNC2COC3C(Nc4nccc(-c5ccco5)n4)COC23)cc1. The topological polar surface area (TPSA) is 84.7 Å². The third-order valence-electron chi connectivity index (χ3n) is 5.82. The molecule has 4 heterocycles. The summed E-state index contributed by atoms with van der Waals surface area (Å²) in [5.74, 6) is 1.26. The molecule has 8 heteroatoms. The number of rotatable bonds is 7. The van der Waals surface area contributed by atoms with E-state index in [2.05, 4.69) is 49.8 Å². The summed E-state index contributed by atoms with van der Waals surface area (Å²) in [5, 5.41) is 6.97. The highest BCUT2D eigenvalue weighted by Gasteiger charge is 2.47. The Hall–Kier alpha value is -2.94. The molecule has 3 aromatic rings. The summed E-state index contributed by atoms with van der Waals surface area (Å²) in [5.41, 5.74) is 3.18. The van der Waals surface area contributed by atoms with Gasteiger partial charge in [-0.15, -0.1) is 0 Å². The Balaban J connectivity index is 1.18. The van der Waals surface area contributed by atoms with E-state index in [0.29, 0.717) is 24.9 Å². The normalized spacial score (nSPS) is 24.8. The van der Waals surface area contributed by atoms with Crippen LogP contribution in [0.1, 0.15) is 5.56 Å². The zero-order valence-electron chi connectivity index (χ0n) is 17.7. The van der Waals surface area contributed by atoms with Crippen molar-refractivity contribution in [2.75, 3.05) is 37.5 Å². The molecular formula is C23H27N5O3. The lowest BCUT2D eigenvalue weighted by atomic mass is 10.1. The van der Waals surface area contributed by atoms with E-state index in [1.165, 1.54) is 11.3 Å². The number of nitrogens with one attached hydrogen (secondary N) is 2. The Kier molecular flexibility index (Phi) is 5.59. The van der Waals surface area contributed by atoms with Crippen molar-refractivity contribution in [3.8, 4) is 11.5 Å². The third-order valence-corrected chi connectivity index (χ3v) is 5.82. The highest BCUT2D eigenvalue weighted by Crippen LogP contribution is 2.29. The van der Waals surface area contributed by atoms with E-state index in [0.717, 1.165) is 12.2 Å². The molecule has 2 fully saturated rings. The minimum atomic E-state index is -0.0375. The molecule has 0 bridgehead atoms. The van der Waals surface area contributed by atoms with Crippen molar-refractivity contribution in [3.05, 3.63) is 60.5 Å². The van der Waals surface area contributed by atoms with Gasteiger partial charge in [0, 0.05) is 32.5 Å². The minimum Gasteiger partial charge on any atom is -0.463 e. The zero-order chi connectivity index (χ0) is 21.2. The molecule has 0 spiro atoms. The van der Waals surface area contributed by atoms with E-state index >= 15 is 0 Å². The van der Waals surface area contributed by atoms with Crippen LogP contribution in [-0.4, -0.2) is 61.6 Å².